The minimum atomic E-state index is -0.496. The van der Waals surface area contributed by atoms with Gasteiger partial charge < -0.3 is 20.1 Å². The van der Waals surface area contributed by atoms with Crippen molar-refractivity contribution in [3.63, 3.8) is 0 Å². The third-order valence-electron chi connectivity index (χ3n) is 4.34. The highest BCUT2D eigenvalue weighted by molar-refractivity contribution is 5.68. The number of hydrogen-bond donors (Lipinski definition) is 2. The van der Waals surface area contributed by atoms with Crippen LogP contribution >= 0.6 is 0 Å². The zero-order valence-corrected chi connectivity index (χ0v) is 16.0. The summed E-state index contributed by atoms with van der Waals surface area (Å²) in [5, 5.41) is 13.0. The van der Waals surface area contributed by atoms with E-state index in [1.807, 2.05) is 32.9 Å². The lowest BCUT2D eigenvalue weighted by Gasteiger charge is -2.33. The van der Waals surface area contributed by atoms with E-state index in [4.69, 9.17) is 4.74 Å². The van der Waals surface area contributed by atoms with Crippen LogP contribution in [-0.2, 0) is 4.74 Å². The topological polar surface area (TPSA) is 87.6 Å². The lowest BCUT2D eigenvalue weighted by atomic mass is 10.1. The van der Waals surface area contributed by atoms with Crippen LogP contribution in [0, 0.1) is 0 Å². The van der Waals surface area contributed by atoms with Gasteiger partial charge >= 0.3 is 6.09 Å². The molecule has 0 saturated carbocycles. The van der Waals surface area contributed by atoms with E-state index in [-0.39, 0.29) is 19.3 Å². The van der Waals surface area contributed by atoms with Gasteiger partial charge in [-0.05, 0) is 45.7 Å². The number of carbonyl (C=O) groups excluding carboxylic acids is 1. The average Bonchev–Trinajstić information content (AvgIpc) is 2.61. The highest BCUT2D eigenvalue weighted by atomic mass is 16.6. The van der Waals surface area contributed by atoms with Crippen LogP contribution in [0.3, 0.4) is 0 Å². The molecule has 3 rings (SSSR count). The van der Waals surface area contributed by atoms with E-state index in [2.05, 4.69) is 20.2 Å². The molecule has 0 atom stereocenters. The van der Waals surface area contributed by atoms with Crippen molar-refractivity contribution in [3.8, 4) is 17.0 Å². The maximum absolute atomic E-state index is 11.9. The average molecular weight is 372 g/mol. The zero-order valence-electron chi connectivity index (χ0n) is 16.0. The molecule has 0 spiro atoms. The summed E-state index contributed by atoms with van der Waals surface area (Å²) in [5.74, 6) is 0.954. The van der Waals surface area contributed by atoms with Crippen LogP contribution < -0.4 is 10.2 Å². The van der Waals surface area contributed by atoms with Crippen molar-refractivity contribution in [1.82, 2.24) is 15.3 Å². The van der Waals surface area contributed by atoms with Crippen molar-refractivity contribution in [3.05, 3.63) is 36.7 Å². The van der Waals surface area contributed by atoms with Crippen LogP contribution in [-0.4, -0.2) is 45.9 Å². The Labute approximate surface area is 160 Å². The van der Waals surface area contributed by atoms with Crippen LogP contribution in [0.25, 0.3) is 11.3 Å². The Hall–Kier alpha value is -2.83. The van der Waals surface area contributed by atoms with Gasteiger partial charge in [0, 0.05) is 26.1 Å². The van der Waals surface area contributed by atoms with Gasteiger partial charge in [0.2, 0.25) is 0 Å². The number of carbonyl (C=O) groups is 1. The molecule has 0 aliphatic carbocycles. The molecule has 0 radical (unpaired) electrons. The molecule has 1 aliphatic heterocycles. The Kier molecular flexibility index (Phi) is 5.48. The highest BCUT2D eigenvalue weighted by Crippen LogP contribution is 2.28. The van der Waals surface area contributed by atoms with Crippen molar-refractivity contribution in [2.75, 3.05) is 18.0 Å². The number of nitrogens with zero attached hydrogens (tertiary/aromatic N) is 3. The van der Waals surface area contributed by atoms with Gasteiger partial charge in [0.05, 0.1) is 18.1 Å². The van der Waals surface area contributed by atoms with Gasteiger partial charge in [0.1, 0.15) is 17.2 Å². The van der Waals surface area contributed by atoms with Gasteiger partial charge in [-0.25, -0.2) is 9.78 Å². The van der Waals surface area contributed by atoms with Gasteiger partial charge in [-0.1, -0.05) is 12.1 Å². The first-order valence-corrected chi connectivity index (χ1v) is 9.17. The second-order valence-corrected chi connectivity index (χ2v) is 7.69. The van der Waals surface area contributed by atoms with Gasteiger partial charge in [0.15, 0.2) is 0 Å². The first-order chi connectivity index (χ1) is 12.8. The summed E-state index contributed by atoms with van der Waals surface area (Å²) in [6, 6.07) is 7.18. The van der Waals surface area contributed by atoms with Crippen LogP contribution in [0.1, 0.15) is 35.0 Å². The number of piperidine rings is 1. The molecule has 1 aromatic carbocycles. The molecule has 1 saturated heterocycles. The Balaban J connectivity index is 0.00000280. The molecule has 1 aromatic heterocycles. The Morgan fingerprint density at radius 2 is 1.96 bits per heavy atom. The second-order valence-electron chi connectivity index (χ2n) is 7.69. The quantitative estimate of drug-likeness (QED) is 0.856. The van der Waals surface area contributed by atoms with Crippen molar-refractivity contribution in [2.45, 2.75) is 45.3 Å². The van der Waals surface area contributed by atoms with E-state index in [1.54, 1.807) is 24.5 Å². The lowest BCUT2D eigenvalue weighted by Crippen LogP contribution is -2.46. The molecule has 146 valence electrons. The normalized spacial score (nSPS) is 15.4. The number of anilines is 1. The van der Waals surface area contributed by atoms with Crippen molar-refractivity contribution in [2.24, 2.45) is 0 Å². The van der Waals surface area contributed by atoms with Crippen LogP contribution in [0.15, 0.2) is 36.7 Å². The number of phenols is 1. The summed E-state index contributed by atoms with van der Waals surface area (Å²) in [6.07, 6.45) is 4.62. The maximum atomic E-state index is 11.9. The highest BCUT2D eigenvalue weighted by Gasteiger charge is 2.24. The monoisotopic (exact) mass is 372 g/mol. The standard InChI is InChI=1S/C20H26N4O3.H2/c1-20(2,3)27-19(26)22-14-8-10-24(11-9-14)18-13-21-12-16(23-18)15-6-4-5-7-17(15)25;/h4-7,12-14,25H,8-11H2,1-3H3,(H,22,26);1H. The molecule has 2 heterocycles. The van der Waals surface area contributed by atoms with Crippen LogP contribution in [0.2, 0.25) is 0 Å². The number of hydrogen-bond acceptors (Lipinski definition) is 6. The third-order valence-corrected chi connectivity index (χ3v) is 4.34. The zero-order chi connectivity index (χ0) is 19.4. The number of ether oxygens (including phenoxy) is 1. The Bertz CT molecular complexity index is 802. The summed E-state index contributed by atoms with van der Waals surface area (Å²) in [4.78, 5) is 23.0. The van der Waals surface area contributed by atoms with E-state index < -0.39 is 5.60 Å². The van der Waals surface area contributed by atoms with Gasteiger partial charge in [0.25, 0.3) is 0 Å². The molecule has 0 unspecified atom stereocenters. The number of rotatable bonds is 3. The Morgan fingerprint density at radius 1 is 1.26 bits per heavy atom. The maximum Gasteiger partial charge on any atom is 0.407 e. The number of phenolic OH excluding ortho intramolecular Hbond substituents is 1. The predicted molar refractivity (Wildman–Crippen MR) is 106 cm³/mol. The molecule has 0 bridgehead atoms. The molecular weight excluding hydrogens is 344 g/mol. The molecule has 2 N–H and O–H groups in total. The number of alkyl carbamates (subject to hydrolysis) is 1. The molecule has 27 heavy (non-hydrogen) atoms. The first-order valence-electron chi connectivity index (χ1n) is 9.17. The lowest BCUT2D eigenvalue weighted by molar-refractivity contribution is 0.0497. The predicted octanol–water partition coefficient (Wildman–Crippen LogP) is 3.59. The fourth-order valence-corrected chi connectivity index (χ4v) is 3.06. The van der Waals surface area contributed by atoms with Crippen molar-refractivity contribution in [1.29, 1.82) is 0 Å². The summed E-state index contributed by atoms with van der Waals surface area (Å²) < 4.78 is 5.32. The number of para-hydroxylation sites is 1. The SMILES string of the molecule is CC(C)(C)OC(=O)NC1CCN(c2cncc(-c3ccccc3O)n2)CC1.[HH]. The fourth-order valence-electron chi connectivity index (χ4n) is 3.06. The number of aromatic nitrogens is 2. The summed E-state index contributed by atoms with van der Waals surface area (Å²) in [7, 11) is 0. The first kappa shape index (κ1) is 18.9. The van der Waals surface area contributed by atoms with Crippen LogP contribution in [0.4, 0.5) is 10.6 Å². The molecule has 7 nitrogen and oxygen atoms in total. The Morgan fingerprint density at radius 3 is 2.63 bits per heavy atom. The van der Waals surface area contributed by atoms with Crippen LogP contribution in [0.5, 0.6) is 5.75 Å². The van der Waals surface area contributed by atoms with Gasteiger partial charge in [-0.15, -0.1) is 0 Å². The van der Waals surface area contributed by atoms with E-state index >= 15 is 0 Å². The molecule has 1 aliphatic rings. The number of aromatic hydroxyl groups is 1. The molecule has 1 fully saturated rings. The number of nitrogens with one attached hydrogen (secondary N) is 1. The van der Waals surface area contributed by atoms with E-state index in [0.29, 0.717) is 11.3 Å². The number of benzene rings is 1. The van der Waals surface area contributed by atoms with Crippen molar-refractivity contribution < 1.29 is 16.1 Å². The molecule has 2 aromatic rings. The summed E-state index contributed by atoms with van der Waals surface area (Å²) in [6.45, 7) is 7.08. The minimum Gasteiger partial charge on any atom is -0.507 e. The largest absolute Gasteiger partial charge is 0.507 e. The molecule has 7 heteroatoms. The summed E-state index contributed by atoms with van der Waals surface area (Å²) >= 11 is 0. The van der Waals surface area contributed by atoms with Gasteiger partial charge in [-0.2, -0.15) is 0 Å². The van der Waals surface area contributed by atoms with E-state index in [0.717, 1.165) is 31.7 Å². The fraction of sp³-hybridized carbons (Fsp3) is 0.450. The minimum absolute atomic E-state index is 0. The molecular formula is C20H28N4O3. The summed E-state index contributed by atoms with van der Waals surface area (Å²) in [5.41, 5.74) is 0.803. The van der Waals surface area contributed by atoms with Gasteiger partial charge in [-0.3, -0.25) is 4.98 Å². The third kappa shape index (κ3) is 5.09. The smallest absolute Gasteiger partial charge is 0.407 e. The van der Waals surface area contributed by atoms with E-state index in [9.17, 15) is 9.90 Å². The second kappa shape index (κ2) is 7.82. The van der Waals surface area contributed by atoms with E-state index in [1.165, 1.54) is 0 Å². The number of amides is 1. The van der Waals surface area contributed by atoms with Crippen molar-refractivity contribution >= 4 is 11.9 Å². The molecule has 1 amide bonds.